The first kappa shape index (κ1) is 8.75. The van der Waals surface area contributed by atoms with Crippen LogP contribution in [-0.2, 0) is 0 Å². The fraction of sp³-hybridized carbons (Fsp3) is 0.0833. The largest absolute Gasteiger partial charge is 0.356 e. The summed E-state index contributed by atoms with van der Waals surface area (Å²) in [7, 11) is 0. The quantitative estimate of drug-likeness (QED) is 0.716. The number of benzene rings is 1. The lowest BCUT2D eigenvalue weighted by molar-refractivity contribution is 0.412. The Balaban J connectivity index is 2.39. The van der Waals surface area contributed by atoms with Gasteiger partial charge in [0.25, 0.3) is 0 Å². The van der Waals surface area contributed by atoms with Crippen molar-refractivity contribution in [2.75, 3.05) is 0 Å². The fourth-order valence-electron chi connectivity index (χ4n) is 1.22. The van der Waals surface area contributed by atoms with Crippen molar-refractivity contribution in [3.63, 3.8) is 0 Å². The van der Waals surface area contributed by atoms with Crippen LogP contribution in [0.4, 0.5) is 0 Å². The molecule has 1 aromatic carbocycles. The predicted molar refractivity (Wildman–Crippen MR) is 56.6 cm³/mol. The predicted octanol–water partition coefficient (Wildman–Crippen LogP) is 3.37. The summed E-state index contributed by atoms with van der Waals surface area (Å²) in [6.45, 7) is 5.70. The van der Waals surface area contributed by atoms with Crippen LogP contribution >= 0.6 is 0 Å². The van der Waals surface area contributed by atoms with Crippen LogP contribution in [-0.4, -0.2) is 5.16 Å². The van der Waals surface area contributed by atoms with Gasteiger partial charge in [0, 0.05) is 11.6 Å². The van der Waals surface area contributed by atoms with Gasteiger partial charge in [0.05, 0.1) is 0 Å². The third-order valence-electron chi connectivity index (χ3n) is 2.00. The van der Waals surface area contributed by atoms with Crippen molar-refractivity contribution in [3.8, 4) is 11.3 Å². The molecule has 1 aromatic heterocycles. The molecule has 0 amide bonds. The van der Waals surface area contributed by atoms with Gasteiger partial charge < -0.3 is 4.52 Å². The van der Waals surface area contributed by atoms with Gasteiger partial charge in [0.1, 0.15) is 5.69 Å². The first-order chi connectivity index (χ1) is 6.77. The zero-order valence-electron chi connectivity index (χ0n) is 8.03. The molecule has 0 saturated heterocycles. The summed E-state index contributed by atoms with van der Waals surface area (Å²) in [5, 5.41) is 3.97. The van der Waals surface area contributed by atoms with Gasteiger partial charge >= 0.3 is 0 Å². The zero-order chi connectivity index (χ0) is 9.97. The second-order valence-corrected chi connectivity index (χ2v) is 3.22. The lowest BCUT2D eigenvalue weighted by Gasteiger charge is -1.91. The lowest BCUT2D eigenvalue weighted by atomic mass is 10.1. The van der Waals surface area contributed by atoms with Gasteiger partial charge in [0.2, 0.25) is 0 Å². The van der Waals surface area contributed by atoms with Crippen molar-refractivity contribution in [3.05, 3.63) is 48.7 Å². The molecule has 0 spiro atoms. The fourth-order valence-corrected chi connectivity index (χ4v) is 1.22. The standard InChI is InChI=1S/C12H11NO/c1-9(2)12-8-11(13-14-12)10-6-4-3-5-7-10/h3-8H,1H2,2H3. The van der Waals surface area contributed by atoms with E-state index < -0.39 is 0 Å². The Hall–Kier alpha value is -1.83. The minimum atomic E-state index is 0.740. The van der Waals surface area contributed by atoms with Crippen molar-refractivity contribution in [2.24, 2.45) is 0 Å². The molecule has 14 heavy (non-hydrogen) atoms. The number of allylic oxidation sites excluding steroid dienone is 1. The molecule has 0 bridgehead atoms. The van der Waals surface area contributed by atoms with Crippen LogP contribution in [0.1, 0.15) is 12.7 Å². The van der Waals surface area contributed by atoms with Crippen LogP contribution in [0.5, 0.6) is 0 Å². The molecule has 0 fully saturated rings. The van der Waals surface area contributed by atoms with Crippen molar-refractivity contribution in [1.29, 1.82) is 0 Å². The van der Waals surface area contributed by atoms with Crippen LogP contribution in [0.2, 0.25) is 0 Å². The summed E-state index contributed by atoms with van der Waals surface area (Å²) in [4.78, 5) is 0. The average Bonchev–Trinajstić information content (AvgIpc) is 2.68. The normalized spacial score (nSPS) is 10.1. The van der Waals surface area contributed by atoms with E-state index in [0.29, 0.717) is 0 Å². The summed E-state index contributed by atoms with van der Waals surface area (Å²) >= 11 is 0. The van der Waals surface area contributed by atoms with Crippen molar-refractivity contribution < 1.29 is 4.52 Å². The van der Waals surface area contributed by atoms with E-state index in [9.17, 15) is 0 Å². The van der Waals surface area contributed by atoms with Gasteiger partial charge in [0.15, 0.2) is 5.76 Å². The molecule has 70 valence electrons. The molecule has 1 heterocycles. The van der Waals surface area contributed by atoms with Gasteiger partial charge in [-0.15, -0.1) is 0 Å². The first-order valence-corrected chi connectivity index (χ1v) is 4.45. The Bertz CT molecular complexity index is 442. The number of hydrogen-bond acceptors (Lipinski definition) is 2. The Morgan fingerprint density at radius 2 is 2.00 bits per heavy atom. The first-order valence-electron chi connectivity index (χ1n) is 4.45. The Kier molecular flexibility index (Phi) is 2.19. The van der Waals surface area contributed by atoms with Gasteiger partial charge in [-0.25, -0.2) is 0 Å². The van der Waals surface area contributed by atoms with E-state index in [1.54, 1.807) is 0 Å². The minimum absolute atomic E-state index is 0.740. The Morgan fingerprint density at radius 1 is 1.29 bits per heavy atom. The van der Waals surface area contributed by atoms with Crippen molar-refractivity contribution >= 4 is 5.57 Å². The molecular weight excluding hydrogens is 174 g/mol. The highest BCUT2D eigenvalue weighted by Crippen LogP contribution is 2.21. The lowest BCUT2D eigenvalue weighted by Crippen LogP contribution is -1.73. The van der Waals surface area contributed by atoms with E-state index in [1.807, 2.05) is 43.3 Å². The number of hydrogen-bond donors (Lipinski definition) is 0. The summed E-state index contributed by atoms with van der Waals surface area (Å²) in [5.74, 6) is 0.740. The number of aromatic nitrogens is 1. The van der Waals surface area contributed by atoms with E-state index in [0.717, 1.165) is 22.6 Å². The summed E-state index contributed by atoms with van der Waals surface area (Å²) in [5.41, 5.74) is 2.80. The highest BCUT2D eigenvalue weighted by atomic mass is 16.5. The topological polar surface area (TPSA) is 26.0 Å². The molecule has 2 rings (SSSR count). The maximum Gasteiger partial charge on any atom is 0.162 e. The Morgan fingerprint density at radius 3 is 2.57 bits per heavy atom. The summed E-state index contributed by atoms with van der Waals surface area (Å²) in [6.07, 6.45) is 0. The SMILES string of the molecule is C=C(C)c1cc(-c2ccccc2)no1. The minimum Gasteiger partial charge on any atom is -0.356 e. The summed E-state index contributed by atoms with van der Waals surface area (Å²) in [6, 6.07) is 11.8. The summed E-state index contributed by atoms with van der Waals surface area (Å²) < 4.78 is 5.13. The van der Waals surface area contributed by atoms with Crippen LogP contribution in [0.15, 0.2) is 47.5 Å². The molecule has 0 atom stereocenters. The molecule has 0 aliphatic heterocycles. The van der Waals surface area contributed by atoms with Gasteiger partial charge in [-0.3, -0.25) is 0 Å². The third-order valence-corrected chi connectivity index (χ3v) is 2.00. The molecular formula is C12H11NO. The second kappa shape index (κ2) is 3.50. The van der Waals surface area contributed by atoms with Crippen molar-refractivity contribution in [1.82, 2.24) is 5.16 Å². The molecule has 2 nitrogen and oxygen atoms in total. The highest BCUT2D eigenvalue weighted by molar-refractivity contribution is 5.64. The number of rotatable bonds is 2. The molecule has 0 unspecified atom stereocenters. The van der Waals surface area contributed by atoms with Crippen LogP contribution in [0.3, 0.4) is 0 Å². The maximum absolute atomic E-state index is 5.13. The molecule has 2 aromatic rings. The second-order valence-electron chi connectivity index (χ2n) is 3.22. The molecule has 0 aliphatic rings. The molecule has 2 heteroatoms. The van der Waals surface area contributed by atoms with Crippen LogP contribution in [0.25, 0.3) is 16.8 Å². The van der Waals surface area contributed by atoms with Crippen molar-refractivity contribution in [2.45, 2.75) is 6.92 Å². The molecule has 0 aliphatic carbocycles. The molecule has 0 radical (unpaired) electrons. The van der Waals surface area contributed by atoms with E-state index in [4.69, 9.17) is 4.52 Å². The van der Waals surface area contributed by atoms with E-state index >= 15 is 0 Å². The monoisotopic (exact) mass is 185 g/mol. The highest BCUT2D eigenvalue weighted by Gasteiger charge is 2.05. The van der Waals surface area contributed by atoms with Crippen LogP contribution in [0, 0.1) is 0 Å². The number of nitrogens with zero attached hydrogens (tertiary/aromatic N) is 1. The average molecular weight is 185 g/mol. The van der Waals surface area contributed by atoms with E-state index in [1.165, 1.54) is 0 Å². The van der Waals surface area contributed by atoms with Gasteiger partial charge in [-0.05, 0) is 12.5 Å². The maximum atomic E-state index is 5.13. The third kappa shape index (κ3) is 1.59. The zero-order valence-corrected chi connectivity index (χ0v) is 8.03. The molecule has 0 saturated carbocycles. The van der Waals surface area contributed by atoms with E-state index in [2.05, 4.69) is 11.7 Å². The Labute approximate surface area is 82.9 Å². The molecule has 0 N–H and O–H groups in total. The van der Waals surface area contributed by atoms with E-state index in [-0.39, 0.29) is 0 Å². The van der Waals surface area contributed by atoms with Crippen LogP contribution < -0.4 is 0 Å². The van der Waals surface area contributed by atoms with Gasteiger partial charge in [-0.2, -0.15) is 0 Å². The smallest absolute Gasteiger partial charge is 0.162 e. The van der Waals surface area contributed by atoms with Gasteiger partial charge in [-0.1, -0.05) is 42.1 Å².